The van der Waals surface area contributed by atoms with Gasteiger partial charge in [-0.1, -0.05) is 37.2 Å². The van der Waals surface area contributed by atoms with Crippen LogP contribution in [0.2, 0.25) is 0 Å². The molecule has 3 rings (SSSR count). The molecule has 0 spiro atoms. The first-order valence-corrected chi connectivity index (χ1v) is 9.46. The molecule has 1 amide bonds. The van der Waals surface area contributed by atoms with Gasteiger partial charge < -0.3 is 4.57 Å². The summed E-state index contributed by atoms with van der Waals surface area (Å²) in [6.45, 7) is 9.14. The number of nitrogens with zero attached hydrogens (tertiary/aromatic N) is 4. The van der Waals surface area contributed by atoms with Crippen LogP contribution in [0.25, 0.3) is 10.2 Å². The number of rotatable bonds is 4. The Morgan fingerprint density at radius 2 is 2.15 bits per heavy atom. The maximum atomic E-state index is 12.7. The highest BCUT2D eigenvalue weighted by atomic mass is 32.1. The third-order valence-corrected chi connectivity index (χ3v) is 5.28. The van der Waals surface area contributed by atoms with Crippen LogP contribution in [-0.4, -0.2) is 20.3 Å². The lowest BCUT2D eigenvalue weighted by atomic mass is 10.0. The van der Waals surface area contributed by atoms with Gasteiger partial charge in [0.15, 0.2) is 4.80 Å². The van der Waals surface area contributed by atoms with E-state index in [9.17, 15) is 4.79 Å². The van der Waals surface area contributed by atoms with E-state index in [2.05, 4.69) is 48.1 Å². The molecule has 2 heterocycles. The number of hydrogen-bond acceptors (Lipinski definition) is 3. The van der Waals surface area contributed by atoms with Crippen LogP contribution in [0.5, 0.6) is 0 Å². The average Bonchev–Trinajstić information content (AvgIpc) is 3.15. The van der Waals surface area contributed by atoms with Crippen molar-refractivity contribution < 1.29 is 4.79 Å². The summed E-state index contributed by atoms with van der Waals surface area (Å²) >= 11 is 1.49. The van der Waals surface area contributed by atoms with Gasteiger partial charge in [-0.15, -0.1) is 6.42 Å². The number of aromatic nitrogens is 3. The predicted octanol–water partition coefficient (Wildman–Crippen LogP) is 3.73. The molecule has 0 aliphatic heterocycles. The largest absolute Gasteiger partial charge is 0.305 e. The Bertz CT molecular complexity index is 1080. The third-order valence-electron chi connectivity index (χ3n) is 4.24. The zero-order chi connectivity index (χ0) is 18.8. The molecule has 2 aromatic heterocycles. The van der Waals surface area contributed by atoms with Crippen LogP contribution < -0.4 is 4.80 Å². The van der Waals surface area contributed by atoms with Crippen molar-refractivity contribution in [3.63, 3.8) is 0 Å². The molecule has 0 aliphatic rings. The molecule has 3 aromatic rings. The number of fused-ring (bicyclic) bond motifs is 1. The summed E-state index contributed by atoms with van der Waals surface area (Å²) < 4.78 is 4.68. The van der Waals surface area contributed by atoms with Crippen molar-refractivity contribution in [2.75, 3.05) is 0 Å². The second-order valence-corrected chi connectivity index (χ2v) is 7.47. The normalized spacial score (nSPS) is 12.1. The standard InChI is InChI=1S/C20H22N4OS/c1-6-10-23-16-9-8-15(13(3)4)12-18(16)26-20(23)21-19(25)17-11-14(5)22-24(17)7-2/h1,8-9,11-13H,7,10H2,2-5H3. The van der Waals surface area contributed by atoms with Gasteiger partial charge in [0, 0.05) is 6.54 Å². The SMILES string of the molecule is C#CCn1c(=NC(=O)c2cc(C)nn2CC)sc2cc(C(C)C)ccc21. The van der Waals surface area contributed by atoms with Crippen molar-refractivity contribution in [1.29, 1.82) is 0 Å². The quantitative estimate of drug-likeness (QED) is 0.661. The second-order valence-electron chi connectivity index (χ2n) is 6.46. The first-order chi connectivity index (χ1) is 12.4. The van der Waals surface area contributed by atoms with Crippen LogP contribution in [-0.2, 0) is 13.1 Å². The summed E-state index contributed by atoms with van der Waals surface area (Å²) in [5.41, 5.74) is 3.56. The van der Waals surface area contributed by atoms with Crippen LogP contribution in [0.4, 0.5) is 0 Å². The Kier molecular flexibility index (Phi) is 5.10. The number of aryl methyl sites for hydroxylation is 2. The average molecular weight is 366 g/mol. The molecule has 0 bridgehead atoms. The molecule has 0 saturated carbocycles. The molecule has 0 N–H and O–H groups in total. The lowest BCUT2D eigenvalue weighted by Crippen LogP contribution is -2.18. The van der Waals surface area contributed by atoms with Gasteiger partial charge in [0.1, 0.15) is 5.69 Å². The van der Waals surface area contributed by atoms with Crippen molar-refractivity contribution in [2.24, 2.45) is 4.99 Å². The van der Waals surface area contributed by atoms with Gasteiger partial charge in [0.25, 0.3) is 5.91 Å². The molecule has 0 unspecified atom stereocenters. The molecular weight excluding hydrogens is 344 g/mol. The molecule has 134 valence electrons. The van der Waals surface area contributed by atoms with Crippen LogP contribution >= 0.6 is 11.3 Å². The van der Waals surface area contributed by atoms with Gasteiger partial charge in [-0.3, -0.25) is 9.48 Å². The highest BCUT2D eigenvalue weighted by molar-refractivity contribution is 7.16. The van der Waals surface area contributed by atoms with Gasteiger partial charge in [-0.05, 0) is 43.5 Å². The van der Waals surface area contributed by atoms with Crippen LogP contribution in [0.3, 0.4) is 0 Å². The van der Waals surface area contributed by atoms with Crippen molar-refractivity contribution in [3.8, 4) is 12.3 Å². The Morgan fingerprint density at radius 3 is 2.81 bits per heavy atom. The minimum atomic E-state index is -0.297. The molecule has 0 fully saturated rings. The fourth-order valence-electron chi connectivity index (χ4n) is 2.88. The molecule has 1 aromatic carbocycles. The van der Waals surface area contributed by atoms with Crippen LogP contribution in [0, 0.1) is 19.3 Å². The lowest BCUT2D eigenvalue weighted by Gasteiger charge is -2.05. The maximum Gasteiger partial charge on any atom is 0.297 e. The highest BCUT2D eigenvalue weighted by Gasteiger charge is 2.14. The Labute approximate surface area is 157 Å². The van der Waals surface area contributed by atoms with E-state index >= 15 is 0 Å². The molecule has 6 heteroatoms. The lowest BCUT2D eigenvalue weighted by molar-refractivity contribution is 0.0987. The van der Waals surface area contributed by atoms with E-state index in [1.165, 1.54) is 16.9 Å². The molecule has 0 saturated heterocycles. The summed E-state index contributed by atoms with van der Waals surface area (Å²) in [6, 6.07) is 8.09. The smallest absolute Gasteiger partial charge is 0.297 e. The van der Waals surface area contributed by atoms with Gasteiger partial charge in [-0.25, -0.2) is 0 Å². The summed E-state index contributed by atoms with van der Waals surface area (Å²) in [5, 5.41) is 4.32. The Balaban J connectivity index is 2.16. The Hall–Kier alpha value is -2.65. The molecule has 0 aliphatic carbocycles. The topological polar surface area (TPSA) is 52.2 Å². The van der Waals surface area contributed by atoms with E-state index in [4.69, 9.17) is 6.42 Å². The van der Waals surface area contributed by atoms with E-state index in [-0.39, 0.29) is 5.91 Å². The van der Waals surface area contributed by atoms with Gasteiger partial charge in [0.2, 0.25) is 0 Å². The predicted molar refractivity (Wildman–Crippen MR) is 105 cm³/mol. The number of carbonyl (C=O) groups excluding carboxylic acids is 1. The minimum Gasteiger partial charge on any atom is -0.305 e. The number of terminal acetylenes is 1. The fourth-order valence-corrected chi connectivity index (χ4v) is 3.96. The van der Waals surface area contributed by atoms with E-state index < -0.39 is 0 Å². The molecule has 26 heavy (non-hydrogen) atoms. The van der Waals surface area contributed by atoms with Crippen molar-refractivity contribution in [1.82, 2.24) is 14.3 Å². The molecule has 0 radical (unpaired) electrons. The maximum absolute atomic E-state index is 12.7. The first-order valence-electron chi connectivity index (χ1n) is 8.64. The third kappa shape index (κ3) is 3.35. The molecule has 5 nitrogen and oxygen atoms in total. The van der Waals surface area contributed by atoms with Crippen molar-refractivity contribution >= 4 is 27.5 Å². The van der Waals surface area contributed by atoms with Gasteiger partial charge in [0.05, 0.1) is 22.5 Å². The fraction of sp³-hybridized carbons (Fsp3) is 0.350. The summed E-state index contributed by atoms with van der Waals surface area (Å²) in [7, 11) is 0. The number of carbonyl (C=O) groups is 1. The van der Waals surface area contributed by atoms with E-state index in [1.807, 2.05) is 18.4 Å². The first kappa shape index (κ1) is 18.2. The number of amides is 1. The number of benzene rings is 1. The van der Waals surface area contributed by atoms with Gasteiger partial charge >= 0.3 is 0 Å². The van der Waals surface area contributed by atoms with E-state index in [0.29, 0.717) is 29.5 Å². The second kappa shape index (κ2) is 7.30. The highest BCUT2D eigenvalue weighted by Crippen LogP contribution is 2.23. The van der Waals surface area contributed by atoms with E-state index in [1.54, 1.807) is 10.7 Å². The zero-order valence-corrected chi connectivity index (χ0v) is 16.3. The minimum absolute atomic E-state index is 0.297. The zero-order valence-electron chi connectivity index (χ0n) is 15.5. The summed E-state index contributed by atoms with van der Waals surface area (Å²) in [4.78, 5) is 17.7. The number of thiazole rings is 1. The van der Waals surface area contributed by atoms with Crippen LogP contribution in [0.15, 0.2) is 29.3 Å². The molecule has 0 atom stereocenters. The van der Waals surface area contributed by atoms with Crippen molar-refractivity contribution in [2.45, 2.75) is 46.7 Å². The van der Waals surface area contributed by atoms with Gasteiger partial charge in [-0.2, -0.15) is 10.1 Å². The van der Waals surface area contributed by atoms with Crippen molar-refractivity contribution in [3.05, 3.63) is 46.0 Å². The van der Waals surface area contributed by atoms with E-state index in [0.717, 1.165) is 15.9 Å². The molecular formula is C20H22N4OS. The summed E-state index contributed by atoms with van der Waals surface area (Å²) in [6.07, 6.45) is 5.54. The Morgan fingerprint density at radius 1 is 1.38 bits per heavy atom. The monoisotopic (exact) mass is 366 g/mol. The summed E-state index contributed by atoms with van der Waals surface area (Å²) in [5.74, 6) is 2.80. The number of hydrogen-bond donors (Lipinski definition) is 0. The van der Waals surface area contributed by atoms with Crippen LogP contribution in [0.1, 0.15) is 48.4 Å².